The lowest BCUT2D eigenvalue weighted by atomic mass is 10.1. The van der Waals surface area contributed by atoms with Crippen LogP contribution in [-0.2, 0) is 17.9 Å². The maximum absolute atomic E-state index is 13.0. The summed E-state index contributed by atoms with van der Waals surface area (Å²) in [5.74, 6) is -0.842. The van der Waals surface area contributed by atoms with Crippen molar-refractivity contribution in [3.05, 3.63) is 46.5 Å². The molecule has 2 aromatic rings. The van der Waals surface area contributed by atoms with Crippen molar-refractivity contribution in [3.8, 4) is 0 Å². The smallest absolute Gasteiger partial charge is 0.359 e. The minimum absolute atomic E-state index is 0.0678. The first-order valence-electron chi connectivity index (χ1n) is 6.69. The second-order valence-electron chi connectivity index (χ2n) is 4.81. The molecule has 1 aromatic heterocycles. The van der Waals surface area contributed by atoms with Crippen molar-refractivity contribution in [3.63, 3.8) is 0 Å². The number of esters is 1. The average molecular weight is 291 g/mol. The van der Waals surface area contributed by atoms with E-state index in [1.165, 1.54) is 16.8 Å². The van der Waals surface area contributed by atoms with E-state index in [2.05, 4.69) is 5.10 Å². The van der Waals surface area contributed by atoms with Gasteiger partial charge in [-0.05, 0) is 44.0 Å². The van der Waals surface area contributed by atoms with Crippen LogP contribution < -0.4 is 5.73 Å². The quantitative estimate of drug-likeness (QED) is 0.879. The molecule has 21 heavy (non-hydrogen) atoms. The number of hydrogen-bond acceptors (Lipinski definition) is 4. The molecule has 0 amide bonds. The maximum atomic E-state index is 13.0. The van der Waals surface area contributed by atoms with E-state index < -0.39 is 5.97 Å². The predicted molar refractivity (Wildman–Crippen MR) is 77.3 cm³/mol. The zero-order valence-corrected chi connectivity index (χ0v) is 12.3. The first-order valence-corrected chi connectivity index (χ1v) is 6.69. The lowest BCUT2D eigenvalue weighted by molar-refractivity contribution is 0.0459. The average Bonchev–Trinajstić information content (AvgIpc) is 2.73. The van der Waals surface area contributed by atoms with Crippen LogP contribution in [-0.4, -0.2) is 15.7 Å². The zero-order valence-electron chi connectivity index (χ0n) is 12.3. The summed E-state index contributed by atoms with van der Waals surface area (Å²) in [4.78, 5) is 12.2. The number of carbonyl (C=O) groups excluding carboxylic acids is 1. The van der Waals surface area contributed by atoms with Crippen molar-refractivity contribution in [2.24, 2.45) is 0 Å². The fourth-order valence-corrected chi connectivity index (χ4v) is 2.07. The number of rotatable bonds is 4. The molecule has 2 N–H and O–H groups in total. The van der Waals surface area contributed by atoms with E-state index in [1.54, 1.807) is 19.9 Å². The van der Waals surface area contributed by atoms with Crippen molar-refractivity contribution < 1.29 is 13.9 Å². The Labute approximate surface area is 122 Å². The number of anilines is 1. The lowest BCUT2D eigenvalue weighted by Gasteiger charge is -2.09. The van der Waals surface area contributed by atoms with Crippen LogP contribution in [0.15, 0.2) is 18.2 Å². The van der Waals surface area contributed by atoms with E-state index >= 15 is 0 Å². The molecule has 0 atom stereocenters. The van der Waals surface area contributed by atoms with Crippen LogP contribution in [0.5, 0.6) is 0 Å². The van der Waals surface area contributed by atoms with Gasteiger partial charge < -0.3 is 10.5 Å². The number of carbonyl (C=O) groups is 1. The summed E-state index contributed by atoms with van der Waals surface area (Å²) in [6.45, 7) is 5.96. The molecule has 0 saturated carbocycles. The van der Waals surface area contributed by atoms with Crippen LogP contribution >= 0.6 is 0 Å². The fraction of sp³-hybridized carbons (Fsp3) is 0.333. The summed E-state index contributed by atoms with van der Waals surface area (Å²) in [6, 6.07) is 4.34. The van der Waals surface area contributed by atoms with Gasteiger partial charge in [-0.15, -0.1) is 0 Å². The van der Waals surface area contributed by atoms with Crippen molar-refractivity contribution in [2.75, 3.05) is 5.73 Å². The Morgan fingerprint density at radius 2 is 2.14 bits per heavy atom. The molecule has 0 spiro atoms. The molecule has 0 aliphatic carbocycles. The Morgan fingerprint density at radius 1 is 1.43 bits per heavy atom. The van der Waals surface area contributed by atoms with E-state index in [4.69, 9.17) is 10.5 Å². The molecule has 6 heteroatoms. The first-order chi connectivity index (χ1) is 9.93. The monoisotopic (exact) mass is 291 g/mol. The van der Waals surface area contributed by atoms with E-state index in [0.29, 0.717) is 17.9 Å². The number of nitrogens with zero attached hydrogens (tertiary/aromatic N) is 2. The summed E-state index contributed by atoms with van der Waals surface area (Å²) in [5.41, 5.74) is 8.54. The second kappa shape index (κ2) is 5.95. The van der Waals surface area contributed by atoms with Crippen LogP contribution in [0.3, 0.4) is 0 Å². The molecular formula is C15H18FN3O2. The number of nitrogens with two attached hydrogens (primary N) is 1. The number of nitrogen functional groups attached to an aromatic ring is 1. The van der Waals surface area contributed by atoms with Crippen LogP contribution in [0.1, 0.15) is 34.2 Å². The molecule has 2 rings (SSSR count). The molecule has 0 unspecified atom stereocenters. The van der Waals surface area contributed by atoms with E-state index in [1.807, 2.05) is 6.92 Å². The highest BCUT2D eigenvalue weighted by Gasteiger charge is 2.20. The second-order valence-corrected chi connectivity index (χ2v) is 4.81. The Hall–Kier alpha value is -2.37. The molecule has 5 nitrogen and oxygen atoms in total. The number of ether oxygens (including phenoxy) is 1. The summed E-state index contributed by atoms with van der Waals surface area (Å²) in [6.07, 6.45) is 0. The highest BCUT2D eigenvalue weighted by molar-refractivity contribution is 5.93. The summed E-state index contributed by atoms with van der Waals surface area (Å²) >= 11 is 0. The molecular weight excluding hydrogens is 273 g/mol. The number of hydrogen-bond donors (Lipinski definition) is 1. The predicted octanol–water partition coefficient (Wildman–Crippen LogP) is 2.60. The van der Waals surface area contributed by atoms with Gasteiger partial charge in [0.15, 0.2) is 5.69 Å². The number of aromatic nitrogens is 2. The standard InChI is InChI=1S/C15H18FN3O2/c1-4-19-14(13(17)10(3)18-19)15(20)21-8-11-5-6-12(16)7-9(11)2/h5-7H,4,8,17H2,1-3H3. The molecule has 1 heterocycles. The molecule has 0 aliphatic heterocycles. The van der Waals surface area contributed by atoms with Crippen molar-refractivity contribution in [1.29, 1.82) is 0 Å². The Kier molecular flexibility index (Phi) is 4.26. The first kappa shape index (κ1) is 15.0. The highest BCUT2D eigenvalue weighted by Crippen LogP contribution is 2.19. The highest BCUT2D eigenvalue weighted by atomic mass is 19.1. The van der Waals surface area contributed by atoms with Crippen molar-refractivity contribution >= 4 is 11.7 Å². The van der Waals surface area contributed by atoms with Crippen LogP contribution in [0, 0.1) is 19.7 Å². The van der Waals surface area contributed by atoms with Gasteiger partial charge in [0.1, 0.15) is 12.4 Å². The van der Waals surface area contributed by atoms with Gasteiger partial charge in [0.2, 0.25) is 0 Å². The number of halogens is 1. The molecule has 0 aliphatic rings. The van der Waals surface area contributed by atoms with Gasteiger partial charge in [-0.25, -0.2) is 9.18 Å². The van der Waals surface area contributed by atoms with Gasteiger partial charge in [-0.1, -0.05) is 6.07 Å². The summed E-state index contributed by atoms with van der Waals surface area (Å²) in [7, 11) is 0. The van der Waals surface area contributed by atoms with E-state index in [9.17, 15) is 9.18 Å². The summed E-state index contributed by atoms with van der Waals surface area (Å²) < 4.78 is 19.8. The molecule has 0 fully saturated rings. The third kappa shape index (κ3) is 3.04. The minimum atomic E-state index is -0.529. The van der Waals surface area contributed by atoms with Crippen LogP contribution in [0.4, 0.5) is 10.1 Å². The van der Waals surface area contributed by atoms with E-state index in [0.717, 1.165) is 11.1 Å². The largest absolute Gasteiger partial charge is 0.456 e. The van der Waals surface area contributed by atoms with Gasteiger partial charge in [-0.2, -0.15) is 5.10 Å². The minimum Gasteiger partial charge on any atom is -0.456 e. The summed E-state index contributed by atoms with van der Waals surface area (Å²) in [5, 5.41) is 4.18. The van der Waals surface area contributed by atoms with Crippen LogP contribution in [0.2, 0.25) is 0 Å². The Bertz CT molecular complexity index is 680. The third-order valence-electron chi connectivity index (χ3n) is 3.33. The van der Waals surface area contributed by atoms with Crippen molar-refractivity contribution in [2.45, 2.75) is 33.9 Å². The van der Waals surface area contributed by atoms with Gasteiger partial charge in [-0.3, -0.25) is 4.68 Å². The SMILES string of the molecule is CCn1nc(C)c(N)c1C(=O)OCc1ccc(F)cc1C. The molecule has 0 bridgehead atoms. The van der Waals surface area contributed by atoms with Gasteiger partial charge in [0, 0.05) is 6.54 Å². The van der Waals surface area contributed by atoms with Gasteiger partial charge >= 0.3 is 5.97 Å². The maximum Gasteiger partial charge on any atom is 0.359 e. The van der Waals surface area contributed by atoms with Gasteiger partial charge in [0.05, 0.1) is 11.4 Å². The van der Waals surface area contributed by atoms with E-state index in [-0.39, 0.29) is 18.1 Å². The normalized spacial score (nSPS) is 10.7. The number of benzene rings is 1. The lowest BCUT2D eigenvalue weighted by Crippen LogP contribution is -2.14. The molecule has 1 aromatic carbocycles. The third-order valence-corrected chi connectivity index (χ3v) is 3.33. The topological polar surface area (TPSA) is 70.1 Å². The number of aryl methyl sites for hydroxylation is 3. The molecule has 112 valence electrons. The Morgan fingerprint density at radius 3 is 2.76 bits per heavy atom. The Balaban J connectivity index is 2.15. The zero-order chi connectivity index (χ0) is 15.6. The molecule has 0 radical (unpaired) electrons. The van der Waals surface area contributed by atoms with Crippen LogP contribution in [0.25, 0.3) is 0 Å². The fourth-order valence-electron chi connectivity index (χ4n) is 2.07. The molecule has 0 saturated heterocycles. The van der Waals surface area contributed by atoms with Crippen molar-refractivity contribution in [1.82, 2.24) is 9.78 Å². The van der Waals surface area contributed by atoms with Gasteiger partial charge in [0.25, 0.3) is 0 Å².